The first kappa shape index (κ1) is 7.39. The van der Waals surface area contributed by atoms with Crippen molar-refractivity contribution >= 4 is 5.97 Å². The van der Waals surface area contributed by atoms with Crippen molar-refractivity contribution in [3.63, 3.8) is 0 Å². The lowest BCUT2D eigenvalue weighted by Gasteiger charge is -1.96. The number of aliphatic hydroxyl groups is 1. The minimum Gasteiger partial charge on any atom is -0.438 e. The van der Waals surface area contributed by atoms with Crippen molar-refractivity contribution in [2.75, 3.05) is 20.4 Å². The molecule has 0 saturated carbocycles. The maximum absolute atomic E-state index is 10.2. The fraction of sp³-hybridized carbons (Fsp3) is 0.750. The molecule has 0 radical (unpaired) electrons. The van der Waals surface area contributed by atoms with E-state index < -0.39 is 12.8 Å². The number of hydrogen-bond acceptors (Lipinski definition) is 4. The maximum atomic E-state index is 10.2. The Bertz CT molecular complexity index is 65.7. The summed E-state index contributed by atoms with van der Waals surface area (Å²) in [7, 11) is 1.62. The van der Waals surface area contributed by atoms with Crippen LogP contribution in [0, 0.1) is 0 Å². The highest BCUT2D eigenvalue weighted by Gasteiger charge is 1.95. The van der Waals surface area contributed by atoms with E-state index in [1.165, 1.54) is 0 Å². The van der Waals surface area contributed by atoms with Crippen LogP contribution in [0.4, 0.5) is 0 Å². The zero-order valence-corrected chi connectivity index (χ0v) is 4.68. The SMILES string of the molecule is CNCC(=O)OCO. The summed E-state index contributed by atoms with van der Waals surface area (Å²) in [5.74, 6) is -0.449. The lowest BCUT2D eigenvalue weighted by atomic mass is 10.7. The molecule has 0 aliphatic carbocycles. The fourth-order valence-corrected chi connectivity index (χ4v) is 0.267. The first-order valence-corrected chi connectivity index (χ1v) is 2.22. The van der Waals surface area contributed by atoms with Crippen LogP contribution < -0.4 is 5.32 Å². The van der Waals surface area contributed by atoms with Gasteiger partial charge in [-0.25, -0.2) is 0 Å². The second-order valence-corrected chi connectivity index (χ2v) is 1.18. The van der Waals surface area contributed by atoms with E-state index in [0.717, 1.165) is 0 Å². The lowest BCUT2D eigenvalue weighted by molar-refractivity contribution is -0.150. The van der Waals surface area contributed by atoms with Crippen molar-refractivity contribution in [1.29, 1.82) is 0 Å². The van der Waals surface area contributed by atoms with Gasteiger partial charge in [0.25, 0.3) is 0 Å². The Morgan fingerprint density at radius 3 is 2.88 bits per heavy atom. The van der Waals surface area contributed by atoms with Gasteiger partial charge in [-0.1, -0.05) is 0 Å². The molecule has 0 amide bonds. The number of hydrogen-bond donors (Lipinski definition) is 2. The van der Waals surface area contributed by atoms with E-state index in [1.807, 2.05) is 0 Å². The monoisotopic (exact) mass is 119 g/mol. The number of nitrogens with one attached hydrogen (secondary N) is 1. The van der Waals surface area contributed by atoms with E-state index in [-0.39, 0.29) is 6.54 Å². The summed E-state index contributed by atoms with van der Waals surface area (Å²) in [5, 5.41) is 10.6. The summed E-state index contributed by atoms with van der Waals surface area (Å²) < 4.78 is 4.14. The number of carbonyl (C=O) groups excluding carboxylic acids is 1. The van der Waals surface area contributed by atoms with Gasteiger partial charge in [-0.05, 0) is 7.05 Å². The van der Waals surface area contributed by atoms with Gasteiger partial charge in [0.05, 0.1) is 6.54 Å². The van der Waals surface area contributed by atoms with Crippen molar-refractivity contribution in [2.24, 2.45) is 0 Å². The highest BCUT2D eigenvalue weighted by atomic mass is 16.6. The smallest absolute Gasteiger partial charge is 0.322 e. The Morgan fingerprint density at radius 1 is 1.88 bits per heavy atom. The number of rotatable bonds is 3. The third-order valence-corrected chi connectivity index (χ3v) is 0.547. The molecule has 0 aromatic rings. The molecule has 0 aliphatic rings. The van der Waals surface area contributed by atoms with Gasteiger partial charge in [0.2, 0.25) is 0 Å². The van der Waals surface area contributed by atoms with E-state index in [1.54, 1.807) is 7.05 Å². The summed E-state index contributed by atoms with van der Waals surface area (Å²) in [5.41, 5.74) is 0. The van der Waals surface area contributed by atoms with Gasteiger partial charge in [-0.2, -0.15) is 0 Å². The second-order valence-electron chi connectivity index (χ2n) is 1.18. The molecule has 0 saturated heterocycles. The van der Waals surface area contributed by atoms with Crippen LogP contribution in [0.25, 0.3) is 0 Å². The summed E-state index contributed by atoms with van der Waals surface area (Å²) in [6, 6.07) is 0. The largest absolute Gasteiger partial charge is 0.438 e. The highest BCUT2D eigenvalue weighted by Crippen LogP contribution is 1.69. The summed E-state index contributed by atoms with van der Waals surface area (Å²) in [6.45, 7) is -0.402. The summed E-state index contributed by atoms with van der Waals surface area (Å²) in [4.78, 5) is 10.2. The normalized spacial score (nSPS) is 8.75. The standard InChI is InChI=1S/C4H9NO3/c1-5-2-4(7)8-3-6/h5-6H,2-3H2,1H3. The Labute approximate surface area is 47.5 Å². The molecule has 0 fully saturated rings. The van der Waals surface area contributed by atoms with Crippen molar-refractivity contribution in [1.82, 2.24) is 5.32 Å². The average molecular weight is 119 g/mol. The minimum absolute atomic E-state index is 0.139. The lowest BCUT2D eigenvalue weighted by Crippen LogP contribution is -2.21. The third-order valence-electron chi connectivity index (χ3n) is 0.547. The molecule has 8 heavy (non-hydrogen) atoms. The predicted octanol–water partition coefficient (Wildman–Crippen LogP) is -1.30. The molecule has 0 unspecified atom stereocenters. The van der Waals surface area contributed by atoms with Crippen molar-refractivity contribution in [3.8, 4) is 0 Å². The van der Waals surface area contributed by atoms with Crippen LogP contribution in [0.1, 0.15) is 0 Å². The number of esters is 1. The van der Waals surface area contributed by atoms with Crippen LogP contribution in [-0.2, 0) is 9.53 Å². The Hall–Kier alpha value is -0.610. The average Bonchev–Trinajstić information content (AvgIpc) is 1.68. The molecule has 0 aliphatic heterocycles. The third kappa shape index (κ3) is 3.58. The van der Waals surface area contributed by atoms with Crippen LogP contribution in [-0.4, -0.2) is 31.5 Å². The van der Waals surface area contributed by atoms with Crippen LogP contribution in [0.5, 0.6) is 0 Å². The van der Waals surface area contributed by atoms with E-state index in [9.17, 15) is 4.79 Å². The Kier molecular flexibility index (Phi) is 4.20. The van der Waals surface area contributed by atoms with E-state index in [4.69, 9.17) is 5.11 Å². The predicted molar refractivity (Wildman–Crippen MR) is 27.1 cm³/mol. The maximum Gasteiger partial charge on any atom is 0.322 e. The number of carbonyl (C=O) groups is 1. The van der Waals surface area contributed by atoms with E-state index >= 15 is 0 Å². The first-order valence-electron chi connectivity index (χ1n) is 2.22. The molecule has 0 bridgehead atoms. The van der Waals surface area contributed by atoms with Gasteiger partial charge in [0.15, 0.2) is 6.79 Å². The first-order chi connectivity index (χ1) is 3.81. The number of ether oxygens (including phenoxy) is 1. The summed E-state index contributed by atoms with van der Waals surface area (Å²) >= 11 is 0. The molecule has 0 aromatic carbocycles. The van der Waals surface area contributed by atoms with Crippen LogP contribution >= 0.6 is 0 Å². The zero-order valence-electron chi connectivity index (χ0n) is 4.68. The molecule has 48 valence electrons. The van der Waals surface area contributed by atoms with E-state index in [2.05, 4.69) is 10.1 Å². The molecular weight excluding hydrogens is 110 g/mol. The second kappa shape index (κ2) is 4.55. The minimum atomic E-state index is -0.541. The fourth-order valence-electron chi connectivity index (χ4n) is 0.267. The molecule has 0 atom stereocenters. The molecule has 0 heterocycles. The zero-order chi connectivity index (χ0) is 6.41. The van der Waals surface area contributed by atoms with Crippen LogP contribution in [0.15, 0.2) is 0 Å². The Morgan fingerprint density at radius 2 is 2.50 bits per heavy atom. The number of aliphatic hydroxyl groups excluding tert-OH is 1. The topological polar surface area (TPSA) is 58.6 Å². The van der Waals surface area contributed by atoms with E-state index in [0.29, 0.717) is 0 Å². The molecule has 0 rings (SSSR count). The quantitative estimate of drug-likeness (QED) is 0.358. The van der Waals surface area contributed by atoms with Crippen molar-refractivity contribution in [3.05, 3.63) is 0 Å². The van der Waals surface area contributed by atoms with Crippen molar-refractivity contribution in [2.45, 2.75) is 0 Å². The molecule has 4 nitrogen and oxygen atoms in total. The van der Waals surface area contributed by atoms with Gasteiger partial charge in [0, 0.05) is 0 Å². The number of likely N-dealkylation sites (N-methyl/N-ethyl adjacent to an activating group) is 1. The van der Waals surface area contributed by atoms with Crippen LogP contribution in [0.2, 0.25) is 0 Å². The molecule has 4 heteroatoms. The molecule has 2 N–H and O–H groups in total. The Balaban J connectivity index is 3.06. The van der Waals surface area contributed by atoms with Crippen molar-refractivity contribution < 1.29 is 14.6 Å². The highest BCUT2D eigenvalue weighted by molar-refractivity contribution is 5.71. The van der Waals surface area contributed by atoms with Crippen LogP contribution in [0.3, 0.4) is 0 Å². The van der Waals surface area contributed by atoms with Gasteiger partial charge < -0.3 is 15.2 Å². The van der Waals surface area contributed by atoms with Gasteiger partial charge in [-0.3, -0.25) is 4.79 Å². The van der Waals surface area contributed by atoms with Gasteiger partial charge in [-0.15, -0.1) is 0 Å². The van der Waals surface area contributed by atoms with Gasteiger partial charge in [0.1, 0.15) is 0 Å². The summed E-state index contributed by atoms with van der Waals surface area (Å²) in [6.07, 6.45) is 0. The molecular formula is C4H9NO3. The van der Waals surface area contributed by atoms with Gasteiger partial charge >= 0.3 is 5.97 Å². The molecule has 0 spiro atoms. The molecule has 0 aromatic heterocycles.